The van der Waals surface area contributed by atoms with Gasteiger partial charge in [0.15, 0.2) is 5.17 Å². The van der Waals surface area contributed by atoms with Gasteiger partial charge in [0.05, 0.1) is 4.91 Å². The summed E-state index contributed by atoms with van der Waals surface area (Å²) in [5.74, 6) is -0.598. The number of nitrogens with one attached hydrogen (secondary N) is 1. The van der Waals surface area contributed by atoms with Gasteiger partial charge in [0, 0.05) is 41.2 Å². The van der Waals surface area contributed by atoms with Crippen LogP contribution in [0.3, 0.4) is 0 Å². The molecule has 140 valence electrons. The van der Waals surface area contributed by atoms with Crippen molar-refractivity contribution in [2.24, 2.45) is 4.99 Å². The van der Waals surface area contributed by atoms with Crippen LogP contribution in [0.15, 0.2) is 64.6 Å². The largest absolute Gasteiger partial charge is 0.342 e. The van der Waals surface area contributed by atoms with Gasteiger partial charge in [-0.1, -0.05) is 41.9 Å². The average Bonchev–Trinajstić information content (AvgIpc) is 3.16. The third-order valence-electron chi connectivity index (χ3n) is 4.25. The first-order chi connectivity index (χ1) is 13.5. The number of halogens is 1. The van der Waals surface area contributed by atoms with Crippen LogP contribution in [0.5, 0.6) is 0 Å². The number of carbonyl (C=O) groups is 2. The van der Waals surface area contributed by atoms with Crippen LogP contribution in [-0.4, -0.2) is 21.5 Å². The van der Waals surface area contributed by atoms with E-state index in [0.717, 1.165) is 22.0 Å². The van der Waals surface area contributed by atoms with E-state index in [2.05, 4.69) is 14.9 Å². The van der Waals surface area contributed by atoms with E-state index in [1.807, 2.05) is 60.8 Å². The fourth-order valence-corrected chi connectivity index (χ4v) is 4.17. The lowest BCUT2D eigenvalue weighted by atomic mass is 10.1. The Hall–Kier alpha value is -2.83. The number of aliphatic imine (C=N–C) groups is 1. The maximum Gasteiger partial charge on any atom is 0.286 e. The number of benzene rings is 2. The minimum absolute atomic E-state index is 0.251. The van der Waals surface area contributed by atoms with Gasteiger partial charge >= 0.3 is 0 Å². The number of fused-ring (bicyclic) bond motifs is 1. The van der Waals surface area contributed by atoms with E-state index in [9.17, 15) is 9.59 Å². The third-order valence-corrected chi connectivity index (χ3v) is 5.39. The van der Waals surface area contributed by atoms with Gasteiger partial charge in [-0.3, -0.25) is 9.59 Å². The van der Waals surface area contributed by atoms with Gasteiger partial charge < -0.3 is 9.88 Å². The number of nitrogens with zero attached hydrogens (tertiary/aromatic N) is 2. The quantitative estimate of drug-likeness (QED) is 0.650. The summed E-state index contributed by atoms with van der Waals surface area (Å²) in [6, 6.07) is 15.8. The highest BCUT2D eigenvalue weighted by molar-refractivity contribution is 8.18. The predicted octanol–water partition coefficient (Wildman–Crippen LogP) is 4.45. The number of rotatable bonds is 3. The summed E-state index contributed by atoms with van der Waals surface area (Å²) in [5.41, 5.74) is 3.08. The molecular weight excluding hydrogens is 394 g/mol. The van der Waals surface area contributed by atoms with E-state index in [1.54, 1.807) is 0 Å². The summed E-state index contributed by atoms with van der Waals surface area (Å²) >= 11 is 7.28. The SMILES string of the molecule is CC(=O)NC1=NC(=O)/C(=C/c2cn(Cc3cccc(Cl)c3)c3ccccc23)S1. The van der Waals surface area contributed by atoms with Crippen LogP contribution in [0, 0.1) is 0 Å². The van der Waals surface area contributed by atoms with Crippen LogP contribution in [0.2, 0.25) is 5.02 Å². The Morgan fingerprint density at radius 2 is 2.07 bits per heavy atom. The van der Waals surface area contributed by atoms with Crippen molar-refractivity contribution in [3.63, 3.8) is 0 Å². The standard InChI is InChI=1S/C21H16ClN3O2S/c1-13(26)23-21-24-20(27)19(28-21)10-15-12-25(18-8-3-2-7-17(15)18)11-14-5-4-6-16(22)9-14/h2-10,12H,11H2,1H3,(H,23,24,26,27)/b19-10-. The van der Waals surface area contributed by atoms with Crippen molar-refractivity contribution in [3.05, 3.63) is 75.8 Å². The Morgan fingerprint density at radius 3 is 2.86 bits per heavy atom. The normalized spacial score (nSPS) is 15.3. The number of amides is 2. The Bertz CT molecular complexity index is 1160. The smallest absolute Gasteiger partial charge is 0.286 e. The molecule has 28 heavy (non-hydrogen) atoms. The lowest BCUT2D eigenvalue weighted by molar-refractivity contribution is -0.117. The molecule has 2 amide bonds. The van der Waals surface area contributed by atoms with E-state index >= 15 is 0 Å². The van der Waals surface area contributed by atoms with Crippen molar-refractivity contribution in [1.29, 1.82) is 0 Å². The fraction of sp³-hybridized carbons (Fsp3) is 0.0952. The molecule has 0 saturated carbocycles. The summed E-state index contributed by atoms with van der Waals surface area (Å²) in [6.45, 7) is 2.05. The Kier molecular flexibility index (Phi) is 5.07. The highest BCUT2D eigenvalue weighted by atomic mass is 35.5. The van der Waals surface area contributed by atoms with Crippen molar-refractivity contribution in [2.45, 2.75) is 13.5 Å². The number of thioether (sulfide) groups is 1. The van der Waals surface area contributed by atoms with Crippen LogP contribution in [-0.2, 0) is 16.1 Å². The first kappa shape index (κ1) is 18.5. The first-order valence-electron chi connectivity index (χ1n) is 8.62. The zero-order chi connectivity index (χ0) is 19.7. The van der Waals surface area contributed by atoms with Crippen LogP contribution in [0.1, 0.15) is 18.1 Å². The van der Waals surface area contributed by atoms with Gasteiger partial charge in [-0.05, 0) is 41.6 Å². The summed E-state index contributed by atoms with van der Waals surface area (Å²) in [7, 11) is 0. The molecule has 4 rings (SSSR count). The maximum atomic E-state index is 12.2. The molecule has 0 fully saturated rings. The number of carbonyl (C=O) groups excluding carboxylic acids is 2. The Labute approximate surface area is 171 Å². The molecule has 0 saturated heterocycles. The van der Waals surface area contributed by atoms with Crippen molar-refractivity contribution in [1.82, 2.24) is 9.88 Å². The van der Waals surface area contributed by atoms with Crippen LogP contribution in [0.25, 0.3) is 17.0 Å². The van der Waals surface area contributed by atoms with Gasteiger partial charge in [-0.2, -0.15) is 4.99 Å². The summed E-state index contributed by atoms with van der Waals surface area (Å²) in [6.07, 6.45) is 3.84. The second-order valence-corrected chi connectivity index (χ2v) is 7.84. The molecule has 0 aliphatic carbocycles. The number of hydrogen-bond donors (Lipinski definition) is 1. The maximum absolute atomic E-state index is 12.2. The highest BCUT2D eigenvalue weighted by Crippen LogP contribution is 2.31. The monoisotopic (exact) mass is 409 g/mol. The molecule has 3 aromatic rings. The zero-order valence-corrected chi connectivity index (χ0v) is 16.6. The molecule has 7 heteroatoms. The lowest BCUT2D eigenvalue weighted by Crippen LogP contribution is -2.23. The van der Waals surface area contributed by atoms with E-state index in [4.69, 9.17) is 11.6 Å². The molecule has 0 atom stereocenters. The van der Waals surface area contributed by atoms with E-state index < -0.39 is 0 Å². The van der Waals surface area contributed by atoms with Gasteiger partial charge in [0.2, 0.25) is 5.91 Å². The second kappa shape index (κ2) is 7.66. The summed E-state index contributed by atoms with van der Waals surface area (Å²) in [5, 5.41) is 4.62. The molecule has 1 aromatic heterocycles. The highest BCUT2D eigenvalue weighted by Gasteiger charge is 2.23. The molecule has 1 aliphatic rings. The molecular formula is C21H16ClN3O2S. The molecule has 0 spiro atoms. The van der Waals surface area contributed by atoms with Crippen LogP contribution >= 0.6 is 23.4 Å². The van der Waals surface area contributed by atoms with Crippen molar-refractivity contribution in [3.8, 4) is 0 Å². The molecule has 0 radical (unpaired) electrons. The molecule has 2 aromatic carbocycles. The first-order valence-corrected chi connectivity index (χ1v) is 9.81. The molecule has 1 N–H and O–H groups in total. The van der Waals surface area contributed by atoms with Crippen molar-refractivity contribution >= 4 is 57.3 Å². The zero-order valence-electron chi connectivity index (χ0n) is 15.0. The average molecular weight is 410 g/mol. The lowest BCUT2D eigenvalue weighted by Gasteiger charge is -2.05. The van der Waals surface area contributed by atoms with Gasteiger partial charge in [-0.25, -0.2) is 0 Å². The molecule has 0 unspecified atom stereocenters. The minimum atomic E-state index is -0.347. The molecule has 0 bridgehead atoms. The van der Waals surface area contributed by atoms with Gasteiger partial charge in [0.1, 0.15) is 0 Å². The number of hydrogen-bond acceptors (Lipinski definition) is 3. The summed E-state index contributed by atoms with van der Waals surface area (Å²) < 4.78 is 2.13. The van der Waals surface area contributed by atoms with Crippen molar-refractivity contribution in [2.75, 3.05) is 0 Å². The van der Waals surface area contributed by atoms with Crippen molar-refractivity contribution < 1.29 is 9.59 Å². The molecule has 1 aliphatic heterocycles. The Balaban J connectivity index is 1.69. The molecule has 2 heterocycles. The summed E-state index contributed by atoms with van der Waals surface area (Å²) in [4.78, 5) is 27.8. The molecule has 5 nitrogen and oxygen atoms in total. The van der Waals surface area contributed by atoms with Gasteiger partial charge in [-0.15, -0.1) is 0 Å². The van der Waals surface area contributed by atoms with Gasteiger partial charge in [0.25, 0.3) is 5.91 Å². The van der Waals surface area contributed by atoms with E-state index in [1.165, 1.54) is 18.7 Å². The number of para-hydroxylation sites is 1. The van der Waals surface area contributed by atoms with Crippen LogP contribution < -0.4 is 5.32 Å². The predicted molar refractivity (Wildman–Crippen MR) is 114 cm³/mol. The topological polar surface area (TPSA) is 63.5 Å². The van der Waals surface area contributed by atoms with E-state index in [0.29, 0.717) is 21.6 Å². The fourth-order valence-electron chi connectivity index (χ4n) is 3.11. The number of aromatic nitrogens is 1. The van der Waals surface area contributed by atoms with Crippen LogP contribution in [0.4, 0.5) is 0 Å². The third kappa shape index (κ3) is 3.88. The van der Waals surface area contributed by atoms with E-state index in [-0.39, 0.29) is 11.8 Å². The second-order valence-electron chi connectivity index (χ2n) is 6.37. The number of amidine groups is 1. The minimum Gasteiger partial charge on any atom is -0.342 e. The Morgan fingerprint density at radius 1 is 1.25 bits per heavy atom.